The Balaban J connectivity index is 2.73. The summed E-state index contributed by atoms with van der Waals surface area (Å²) in [6, 6.07) is 6.93. The van der Waals surface area contributed by atoms with Crippen molar-refractivity contribution >= 4 is 17.6 Å². The number of aliphatic carboxylic acids is 1. The fraction of sp³-hybridized carbons (Fsp3) is 0.500. The molecule has 5 heteroatoms. The number of rotatable bonds is 7. The van der Waals surface area contributed by atoms with Crippen LogP contribution in [0.2, 0.25) is 0 Å². The molecule has 0 aliphatic rings. The zero-order valence-electron chi connectivity index (χ0n) is 13.1. The van der Waals surface area contributed by atoms with Gasteiger partial charge in [0.1, 0.15) is 0 Å². The van der Waals surface area contributed by atoms with E-state index >= 15 is 0 Å². The molecule has 0 radical (unpaired) electrons. The topological polar surface area (TPSA) is 69.6 Å². The van der Waals surface area contributed by atoms with Crippen LogP contribution in [0.1, 0.15) is 38.1 Å². The van der Waals surface area contributed by atoms with Crippen LogP contribution in [0.15, 0.2) is 24.3 Å². The molecule has 1 aromatic rings. The summed E-state index contributed by atoms with van der Waals surface area (Å²) in [5, 5.41) is 11.7. The molecular weight excluding hydrogens is 268 g/mol. The molecule has 0 fully saturated rings. The number of carbonyl (C=O) groups excluding carboxylic acids is 1. The first-order chi connectivity index (χ1) is 9.90. The molecule has 0 aromatic heterocycles. The van der Waals surface area contributed by atoms with Gasteiger partial charge in [0.25, 0.3) is 5.91 Å². The predicted molar refractivity (Wildman–Crippen MR) is 83.7 cm³/mol. The van der Waals surface area contributed by atoms with E-state index < -0.39 is 17.9 Å². The van der Waals surface area contributed by atoms with Gasteiger partial charge >= 0.3 is 5.97 Å². The number of hydrogen-bond acceptors (Lipinski definition) is 3. The third kappa shape index (κ3) is 4.48. The Labute approximate surface area is 126 Å². The van der Waals surface area contributed by atoms with Gasteiger partial charge in [-0.2, -0.15) is 0 Å². The van der Waals surface area contributed by atoms with Crippen molar-refractivity contribution in [3.05, 3.63) is 29.8 Å². The lowest BCUT2D eigenvalue weighted by molar-refractivity contribution is -0.141. The molecule has 0 saturated heterocycles. The Hall–Kier alpha value is -2.04. The van der Waals surface area contributed by atoms with Crippen LogP contribution in [0.3, 0.4) is 0 Å². The second kappa shape index (κ2) is 7.67. The number of benzene rings is 1. The van der Waals surface area contributed by atoms with Crippen LogP contribution in [0.4, 0.5) is 5.69 Å². The molecule has 0 aliphatic heterocycles. The fourth-order valence-corrected chi connectivity index (χ4v) is 2.04. The molecule has 2 atom stereocenters. The molecule has 0 aliphatic carbocycles. The SMILES string of the molecule is CCN(CC)c1ccc(C(=O)NC(C)C(C)C(=O)O)cc1. The minimum Gasteiger partial charge on any atom is -0.481 e. The van der Waals surface area contributed by atoms with E-state index in [0.717, 1.165) is 18.8 Å². The molecule has 21 heavy (non-hydrogen) atoms. The van der Waals surface area contributed by atoms with Crippen molar-refractivity contribution in [2.24, 2.45) is 5.92 Å². The largest absolute Gasteiger partial charge is 0.481 e. The monoisotopic (exact) mass is 292 g/mol. The van der Waals surface area contributed by atoms with Gasteiger partial charge in [-0.3, -0.25) is 9.59 Å². The average molecular weight is 292 g/mol. The molecule has 0 heterocycles. The molecule has 5 nitrogen and oxygen atoms in total. The molecule has 1 rings (SSSR count). The van der Waals surface area contributed by atoms with Gasteiger partial charge in [0.15, 0.2) is 0 Å². The van der Waals surface area contributed by atoms with Crippen LogP contribution in [-0.4, -0.2) is 36.1 Å². The summed E-state index contributed by atoms with van der Waals surface area (Å²) in [7, 11) is 0. The highest BCUT2D eigenvalue weighted by Gasteiger charge is 2.21. The van der Waals surface area contributed by atoms with Crippen LogP contribution in [0, 0.1) is 5.92 Å². The van der Waals surface area contributed by atoms with Gasteiger partial charge in [-0.05, 0) is 52.0 Å². The number of carboxylic acids is 1. The van der Waals surface area contributed by atoms with Gasteiger partial charge in [0.05, 0.1) is 5.92 Å². The Morgan fingerprint density at radius 2 is 1.67 bits per heavy atom. The lowest BCUT2D eigenvalue weighted by Crippen LogP contribution is -2.40. The normalized spacial score (nSPS) is 13.3. The van der Waals surface area contributed by atoms with Gasteiger partial charge in [-0.15, -0.1) is 0 Å². The van der Waals surface area contributed by atoms with Crippen molar-refractivity contribution in [2.75, 3.05) is 18.0 Å². The molecule has 0 bridgehead atoms. The first-order valence-electron chi connectivity index (χ1n) is 7.29. The Morgan fingerprint density at radius 3 is 2.10 bits per heavy atom. The lowest BCUT2D eigenvalue weighted by Gasteiger charge is -2.21. The smallest absolute Gasteiger partial charge is 0.308 e. The zero-order valence-corrected chi connectivity index (χ0v) is 13.1. The summed E-state index contributed by atoms with van der Waals surface area (Å²) in [6.07, 6.45) is 0. The van der Waals surface area contributed by atoms with E-state index in [1.807, 2.05) is 12.1 Å². The van der Waals surface area contributed by atoms with E-state index in [0.29, 0.717) is 5.56 Å². The number of anilines is 1. The van der Waals surface area contributed by atoms with Gasteiger partial charge < -0.3 is 15.3 Å². The van der Waals surface area contributed by atoms with Gasteiger partial charge in [-0.1, -0.05) is 0 Å². The highest BCUT2D eigenvalue weighted by Crippen LogP contribution is 2.15. The molecule has 116 valence electrons. The molecular formula is C16H24N2O3. The number of carboxylic acid groups (broad SMARTS) is 1. The number of amides is 1. The third-order valence-electron chi connectivity index (χ3n) is 3.76. The maximum absolute atomic E-state index is 12.1. The van der Waals surface area contributed by atoms with E-state index in [1.165, 1.54) is 0 Å². The average Bonchev–Trinajstić information content (AvgIpc) is 2.48. The van der Waals surface area contributed by atoms with E-state index in [4.69, 9.17) is 5.11 Å². The molecule has 2 N–H and O–H groups in total. The van der Waals surface area contributed by atoms with Crippen LogP contribution in [-0.2, 0) is 4.79 Å². The second-order valence-electron chi connectivity index (χ2n) is 5.11. The summed E-state index contributed by atoms with van der Waals surface area (Å²) < 4.78 is 0. The van der Waals surface area contributed by atoms with E-state index in [9.17, 15) is 9.59 Å². The van der Waals surface area contributed by atoms with E-state index in [2.05, 4.69) is 24.1 Å². The maximum atomic E-state index is 12.1. The van der Waals surface area contributed by atoms with Crippen LogP contribution in [0.25, 0.3) is 0 Å². The van der Waals surface area contributed by atoms with Gasteiger partial charge in [0, 0.05) is 30.4 Å². The summed E-state index contributed by atoms with van der Waals surface area (Å²) >= 11 is 0. The predicted octanol–water partition coefficient (Wildman–Crippen LogP) is 2.37. The first kappa shape index (κ1) is 17.0. The summed E-state index contributed by atoms with van der Waals surface area (Å²) in [4.78, 5) is 25.2. The zero-order chi connectivity index (χ0) is 16.0. The summed E-state index contributed by atoms with van der Waals surface area (Å²) in [5.41, 5.74) is 1.61. The van der Waals surface area contributed by atoms with Crippen molar-refractivity contribution in [1.29, 1.82) is 0 Å². The van der Waals surface area contributed by atoms with E-state index in [-0.39, 0.29) is 5.91 Å². The summed E-state index contributed by atoms with van der Waals surface area (Å²) in [6.45, 7) is 9.26. The second-order valence-corrected chi connectivity index (χ2v) is 5.11. The molecule has 0 saturated carbocycles. The van der Waals surface area contributed by atoms with Crippen LogP contribution in [0.5, 0.6) is 0 Å². The van der Waals surface area contributed by atoms with Crippen molar-refractivity contribution in [3.63, 3.8) is 0 Å². The Kier molecular flexibility index (Phi) is 6.21. The summed E-state index contributed by atoms with van der Waals surface area (Å²) in [5.74, 6) is -1.79. The van der Waals surface area contributed by atoms with Crippen molar-refractivity contribution in [1.82, 2.24) is 5.32 Å². The highest BCUT2D eigenvalue weighted by molar-refractivity contribution is 5.95. The number of nitrogens with one attached hydrogen (secondary N) is 1. The molecule has 1 aromatic carbocycles. The number of nitrogens with zero attached hydrogens (tertiary/aromatic N) is 1. The van der Waals surface area contributed by atoms with Crippen molar-refractivity contribution in [2.45, 2.75) is 33.7 Å². The number of carbonyl (C=O) groups is 2. The molecule has 0 spiro atoms. The highest BCUT2D eigenvalue weighted by atomic mass is 16.4. The third-order valence-corrected chi connectivity index (χ3v) is 3.76. The first-order valence-corrected chi connectivity index (χ1v) is 7.29. The minimum atomic E-state index is -0.917. The number of hydrogen-bond donors (Lipinski definition) is 2. The quantitative estimate of drug-likeness (QED) is 0.809. The van der Waals surface area contributed by atoms with Crippen LogP contribution < -0.4 is 10.2 Å². The van der Waals surface area contributed by atoms with Gasteiger partial charge in [-0.25, -0.2) is 0 Å². The van der Waals surface area contributed by atoms with Crippen molar-refractivity contribution < 1.29 is 14.7 Å². The minimum absolute atomic E-state index is 0.248. The fourth-order valence-electron chi connectivity index (χ4n) is 2.04. The van der Waals surface area contributed by atoms with Gasteiger partial charge in [0.2, 0.25) is 0 Å². The standard InChI is InChI=1S/C16H24N2O3/c1-5-18(6-2)14-9-7-13(8-10-14)15(19)17-12(4)11(3)16(20)21/h7-12H,5-6H2,1-4H3,(H,17,19)(H,20,21). The van der Waals surface area contributed by atoms with E-state index in [1.54, 1.807) is 26.0 Å². The molecule has 2 unspecified atom stereocenters. The Morgan fingerprint density at radius 1 is 1.14 bits per heavy atom. The van der Waals surface area contributed by atoms with Crippen LogP contribution >= 0.6 is 0 Å². The Bertz CT molecular complexity index is 481. The lowest BCUT2D eigenvalue weighted by atomic mass is 10.0. The molecule has 1 amide bonds. The maximum Gasteiger partial charge on any atom is 0.308 e. The van der Waals surface area contributed by atoms with Crippen molar-refractivity contribution in [3.8, 4) is 0 Å².